The third kappa shape index (κ3) is 3.63. The van der Waals surface area contributed by atoms with Crippen LogP contribution >= 0.6 is 0 Å². The number of anilines is 3. The highest BCUT2D eigenvalue weighted by Gasteiger charge is 2.50. The van der Waals surface area contributed by atoms with Crippen molar-refractivity contribution in [2.24, 2.45) is 0 Å². The van der Waals surface area contributed by atoms with E-state index < -0.39 is 16.1 Å². The minimum Gasteiger partial charge on any atom is -0.455 e. The molecule has 0 fully saturated rings. The van der Waals surface area contributed by atoms with Gasteiger partial charge in [-0.1, -0.05) is 110 Å². The molecule has 2 nitrogen and oxygen atoms in total. The van der Waals surface area contributed by atoms with Gasteiger partial charge in [-0.25, -0.2) is 0 Å². The molecule has 9 rings (SSSR count). The molecule has 0 spiro atoms. The average molecular weight is 628 g/mol. The molecule has 3 heterocycles. The third-order valence-corrected chi connectivity index (χ3v) is 18.0. The number of benzene rings is 6. The van der Waals surface area contributed by atoms with E-state index in [9.17, 15) is 0 Å². The van der Waals surface area contributed by atoms with Crippen molar-refractivity contribution in [3.63, 3.8) is 0 Å². The maximum absolute atomic E-state index is 6.88. The molecule has 1 aromatic heterocycles. The minimum atomic E-state index is -2.17. The van der Waals surface area contributed by atoms with Crippen LogP contribution in [0.15, 0.2) is 120 Å². The molecular weight excluding hydrogens is 591 g/mol. The lowest BCUT2D eigenvalue weighted by Gasteiger charge is -2.29. The molecule has 0 atom stereocenters. The second kappa shape index (κ2) is 9.44. The van der Waals surface area contributed by atoms with Crippen molar-refractivity contribution in [2.45, 2.75) is 40.0 Å². The predicted octanol–water partition coefficient (Wildman–Crippen LogP) is 9.28. The normalized spacial score (nSPS) is 15.1. The lowest BCUT2D eigenvalue weighted by atomic mass is 9.94. The first kappa shape index (κ1) is 27.6. The van der Waals surface area contributed by atoms with Crippen molar-refractivity contribution in [3.8, 4) is 22.3 Å². The van der Waals surface area contributed by atoms with Crippen molar-refractivity contribution in [2.75, 3.05) is 4.90 Å². The number of para-hydroxylation sites is 1. The molecule has 46 heavy (non-hydrogen) atoms. The van der Waals surface area contributed by atoms with Gasteiger partial charge in [0.25, 0.3) is 0 Å². The lowest BCUT2D eigenvalue weighted by Crippen LogP contribution is -2.63. The summed E-state index contributed by atoms with van der Waals surface area (Å²) in [6, 6.07) is 43.0. The molecule has 7 aromatic rings. The van der Waals surface area contributed by atoms with Crippen LogP contribution in [0.2, 0.25) is 26.2 Å². The van der Waals surface area contributed by atoms with E-state index in [4.69, 9.17) is 4.42 Å². The molecule has 0 unspecified atom stereocenters. The van der Waals surface area contributed by atoms with E-state index in [0.29, 0.717) is 0 Å². The number of fused-ring (bicyclic) bond motifs is 12. The van der Waals surface area contributed by atoms with Crippen LogP contribution in [-0.2, 0) is 0 Å². The second-order valence-corrected chi connectivity index (χ2v) is 22.9. The van der Waals surface area contributed by atoms with E-state index in [-0.39, 0.29) is 0 Å². The van der Waals surface area contributed by atoms with E-state index in [1.807, 2.05) is 0 Å². The zero-order valence-corrected chi connectivity index (χ0v) is 29.3. The number of nitrogens with zero attached hydrogens (tertiary/aromatic N) is 1. The Kier molecular flexibility index (Phi) is 5.68. The third-order valence-electron chi connectivity index (χ3n) is 10.7. The van der Waals surface area contributed by atoms with Gasteiger partial charge in [0, 0.05) is 33.4 Å². The molecule has 0 N–H and O–H groups in total. The monoisotopic (exact) mass is 627 g/mol. The first-order valence-corrected chi connectivity index (χ1v) is 22.4. The van der Waals surface area contributed by atoms with Crippen molar-refractivity contribution >= 4 is 75.9 Å². The Hall–Kier alpha value is -4.65. The van der Waals surface area contributed by atoms with Crippen molar-refractivity contribution in [1.82, 2.24) is 0 Å². The highest BCUT2D eigenvalue weighted by Crippen LogP contribution is 2.46. The lowest BCUT2D eigenvalue weighted by molar-refractivity contribution is 0.670. The summed E-state index contributed by atoms with van der Waals surface area (Å²) >= 11 is 0. The number of furan rings is 1. The van der Waals surface area contributed by atoms with Crippen molar-refractivity contribution in [1.29, 1.82) is 0 Å². The van der Waals surface area contributed by atoms with Gasteiger partial charge < -0.3 is 9.32 Å². The van der Waals surface area contributed by atoms with E-state index in [1.165, 1.54) is 71.6 Å². The highest BCUT2D eigenvalue weighted by atomic mass is 28.3. The van der Waals surface area contributed by atoms with Crippen LogP contribution in [0.1, 0.15) is 11.1 Å². The summed E-state index contributed by atoms with van der Waals surface area (Å²) in [6.45, 7) is 14.6. The molecule has 0 aliphatic carbocycles. The SMILES string of the molecule is Cc1ccc(N(c2ccc(C)cc2)c2ccc3c(c2)[Si](C)(C)c2c4c(c5oc6ccccc6c5c2-3)-c2ccccc2[Si]4(C)C)cc1. The molecule has 2 aliphatic heterocycles. The van der Waals surface area contributed by atoms with Gasteiger partial charge in [0.15, 0.2) is 0 Å². The Bertz CT molecular complexity index is 2330. The summed E-state index contributed by atoms with van der Waals surface area (Å²) in [6.07, 6.45) is 0. The summed E-state index contributed by atoms with van der Waals surface area (Å²) in [7, 11) is -4.19. The maximum Gasteiger partial charge on any atom is 0.143 e. The van der Waals surface area contributed by atoms with Gasteiger partial charge in [0.05, 0.1) is 0 Å². The largest absolute Gasteiger partial charge is 0.455 e. The van der Waals surface area contributed by atoms with Crippen molar-refractivity contribution in [3.05, 3.63) is 126 Å². The zero-order valence-electron chi connectivity index (χ0n) is 27.3. The molecule has 0 radical (unpaired) electrons. The standard InChI is InChI=1S/C42H37NOSi2/c1-26-15-19-28(20-16-26)43(29-21-17-27(2)18-22-29)30-23-24-33-36(25-30)46(5,6)41-38(33)37-31-11-7-9-13-34(31)44-40(37)39-32-12-8-10-14-35(32)45(3,4)42(39)41/h7-25H,1-6H3. The fourth-order valence-electron chi connectivity index (χ4n) is 8.49. The van der Waals surface area contributed by atoms with Crippen LogP contribution in [0, 0.1) is 13.8 Å². The molecule has 224 valence electrons. The molecule has 4 heteroatoms. The predicted molar refractivity (Wildman–Crippen MR) is 202 cm³/mol. The van der Waals surface area contributed by atoms with E-state index >= 15 is 0 Å². The topological polar surface area (TPSA) is 16.4 Å². The Morgan fingerprint density at radius 3 is 1.76 bits per heavy atom. The minimum absolute atomic E-state index is 0.978. The fraction of sp³-hybridized carbons (Fsp3) is 0.143. The van der Waals surface area contributed by atoms with Gasteiger partial charge in [-0.3, -0.25) is 0 Å². The number of hydrogen-bond donors (Lipinski definition) is 0. The summed E-state index contributed by atoms with van der Waals surface area (Å²) in [5.74, 6) is 0. The Labute approximate surface area is 273 Å². The van der Waals surface area contributed by atoms with Crippen LogP contribution in [0.3, 0.4) is 0 Å². The molecule has 6 aromatic carbocycles. The van der Waals surface area contributed by atoms with Gasteiger partial charge in [-0.05, 0) is 93.7 Å². The molecule has 0 amide bonds. The number of rotatable bonds is 3. The van der Waals surface area contributed by atoms with Crippen molar-refractivity contribution < 1.29 is 4.42 Å². The molecule has 0 bridgehead atoms. The number of hydrogen-bond acceptors (Lipinski definition) is 2. The van der Waals surface area contributed by atoms with Gasteiger partial charge in [0.2, 0.25) is 0 Å². The summed E-state index contributed by atoms with van der Waals surface area (Å²) in [4.78, 5) is 2.43. The summed E-state index contributed by atoms with van der Waals surface area (Å²) in [5, 5.41) is 8.82. The Morgan fingerprint density at radius 1 is 0.522 bits per heavy atom. The van der Waals surface area contributed by atoms with E-state index in [2.05, 4.69) is 160 Å². The smallest absolute Gasteiger partial charge is 0.143 e. The van der Waals surface area contributed by atoms with Crippen LogP contribution in [0.5, 0.6) is 0 Å². The fourth-order valence-corrected chi connectivity index (χ4v) is 16.9. The zero-order chi connectivity index (χ0) is 31.5. The Balaban J connectivity index is 1.36. The summed E-state index contributed by atoms with van der Waals surface area (Å²) < 4.78 is 6.88. The molecule has 2 aliphatic rings. The quantitative estimate of drug-likeness (QED) is 0.182. The van der Waals surface area contributed by atoms with E-state index in [0.717, 1.165) is 11.2 Å². The second-order valence-electron chi connectivity index (χ2n) is 14.3. The number of aryl methyl sites for hydroxylation is 2. The Morgan fingerprint density at radius 2 is 1.07 bits per heavy atom. The van der Waals surface area contributed by atoms with E-state index in [1.54, 1.807) is 10.4 Å². The van der Waals surface area contributed by atoms with Crippen LogP contribution in [0.4, 0.5) is 17.1 Å². The van der Waals surface area contributed by atoms with Crippen LogP contribution < -0.4 is 25.6 Å². The molecular formula is C42H37NOSi2. The van der Waals surface area contributed by atoms with Gasteiger partial charge in [0.1, 0.15) is 27.3 Å². The maximum atomic E-state index is 6.88. The highest BCUT2D eigenvalue weighted by molar-refractivity contribution is 7.13. The molecule has 0 saturated carbocycles. The van der Waals surface area contributed by atoms with Crippen LogP contribution in [0.25, 0.3) is 44.2 Å². The van der Waals surface area contributed by atoms with Gasteiger partial charge in [-0.15, -0.1) is 0 Å². The first-order chi connectivity index (χ1) is 22.2. The molecule has 0 saturated heterocycles. The van der Waals surface area contributed by atoms with Gasteiger partial charge in [-0.2, -0.15) is 0 Å². The van der Waals surface area contributed by atoms with Crippen LogP contribution in [-0.4, -0.2) is 16.1 Å². The average Bonchev–Trinajstić information content (AvgIpc) is 3.63. The van der Waals surface area contributed by atoms with Gasteiger partial charge >= 0.3 is 0 Å². The first-order valence-electron chi connectivity index (χ1n) is 16.4. The summed E-state index contributed by atoms with van der Waals surface area (Å²) in [5.41, 5.74) is 13.7.